The van der Waals surface area contributed by atoms with Gasteiger partial charge >= 0.3 is 0 Å². The van der Waals surface area contributed by atoms with Gasteiger partial charge in [0.05, 0.1) is 12.2 Å². The van der Waals surface area contributed by atoms with Crippen molar-refractivity contribution in [3.05, 3.63) is 51.3 Å². The molecule has 2 rings (SSSR count). The number of hydrogen-bond donors (Lipinski definition) is 0. The predicted octanol–water partition coefficient (Wildman–Crippen LogP) is 4.11. The van der Waals surface area contributed by atoms with E-state index in [9.17, 15) is 0 Å². The third-order valence-electron chi connectivity index (χ3n) is 2.78. The monoisotopic (exact) mass is 268 g/mol. The lowest BCUT2D eigenvalue weighted by Gasteiger charge is -2.04. The van der Waals surface area contributed by atoms with Gasteiger partial charge in [0.15, 0.2) is 0 Å². The molecule has 2 nitrogen and oxygen atoms in total. The topological polar surface area (TPSA) is 17.8 Å². The lowest BCUT2D eigenvalue weighted by Crippen LogP contribution is -2.01. The molecule has 0 N–H and O–H groups in total. The van der Waals surface area contributed by atoms with E-state index in [-0.39, 0.29) is 0 Å². The van der Waals surface area contributed by atoms with Crippen LogP contribution in [-0.4, -0.2) is 9.78 Å². The quantitative estimate of drug-likeness (QED) is 0.819. The Kier molecular flexibility index (Phi) is 3.75. The smallest absolute Gasteiger partial charge is 0.130 e. The number of aromatic nitrogens is 2. The number of benzene rings is 1. The van der Waals surface area contributed by atoms with Crippen LogP contribution in [-0.2, 0) is 13.0 Å². The van der Waals surface area contributed by atoms with E-state index in [2.05, 4.69) is 12.0 Å². The summed E-state index contributed by atoms with van der Waals surface area (Å²) >= 11 is 12.1. The fourth-order valence-electron chi connectivity index (χ4n) is 1.86. The Balaban J connectivity index is 2.27. The Bertz CT molecular complexity index is 515. The van der Waals surface area contributed by atoms with Gasteiger partial charge in [-0.05, 0) is 31.0 Å². The molecular weight excluding hydrogens is 255 g/mol. The molecule has 0 saturated carbocycles. The van der Waals surface area contributed by atoms with E-state index >= 15 is 0 Å². The molecule has 0 saturated heterocycles. The van der Waals surface area contributed by atoms with Crippen molar-refractivity contribution in [3.63, 3.8) is 0 Å². The molecule has 0 unspecified atom stereocenters. The van der Waals surface area contributed by atoms with Gasteiger partial charge in [-0.1, -0.05) is 42.3 Å². The van der Waals surface area contributed by atoms with Crippen LogP contribution in [0, 0.1) is 6.92 Å². The standard InChI is InChI=1S/C13H14Cl2N2/c1-3-12-9(2)16-17(13(12)15)8-10-4-6-11(14)7-5-10/h4-7H,3,8H2,1-2H3. The van der Waals surface area contributed by atoms with Crippen LogP contribution in [0.5, 0.6) is 0 Å². The van der Waals surface area contributed by atoms with Crippen molar-refractivity contribution in [1.82, 2.24) is 9.78 Å². The van der Waals surface area contributed by atoms with Crippen LogP contribution in [0.15, 0.2) is 24.3 Å². The summed E-state index contributed by atoms with van der Waals surface area (Å²) in [6.45, 7) is 4.75. The second kappa shape index (κ2) is 5.11. The van der Waals surface area contributed by atoms with Crippen molar-refractivity contribution in [2.45, 2.75) is 26.8 Å². The van der Waals surface area contributed by atoms with E-state index in [0.29, 0.717) is 6.54 Å². The van der Waals surface area contributed by atoms with E-state index in [1.54, 1.807) is 0 Å². The first-order chi connectivity index (χ1) is 8.11. The summed E-state index contributed by atoms with van der Waals surface area (Å²) in [5.74, 6) is 0. The molecule has 0 amide bonds. The summed E-state index contributed by atoms with van der Waals surface area (Å²) in [6.07, 6.45) is 0.908. The molecule has 0 aliphatic carbocycles. The van der Waals surface area contributed by atoms with Crippen LogP contribution in [0.1, 0.15) is 23.7 Å². The maximum Gasteiger partial charge on any atom is 0.130 e. The van der Waals surface area contributed by atoms with Crippen molar-refractivity contribution in [3.8, 4) is 0 Å². The van der Waals surface area contributed by atoms with Gasteiger partial charge in [-0.15, -0.1) is 0 Å². The lowest BCUT2D eigenvalue weighted by atomic mass is 10.2. The summed E-state index contributed by atoms with van der Waals surface area (Å²) in [5.41, 5.74) is 3.27. The zero-order valence-electron chi connectivity index (χ0n) is 9.87. The first-order valence-electron chi connectivity index (χ1n) is 5.58. The third kappa shape index (κ3) is 2.64. The number of hydrogen-bond acceptors (Lipinski definition) is 1. The number of rotatable bonds is 3. The van der Waals surface area contributed by atoms with Crippen LogP contribution in [0.2, 0.25) is 10.2 Å². The van der Waals surface area contributed by atoms with E-state index in [1.807, 2.05) is 35.9 Å². The fraction of sp³-hybridized carbons (Fsp3) is 0.308. The molecule has 0 radical (unpaired) electrons. The summed E-state index contributed by atoms with van der Waals surface area (Å²) in [5, 5.41) is 5.93. The second-order valence-corrected chi connectivity index (χ2v) is 4.79. The zero-order valence-corrected chi connectivity index (χ0v) is 11.4. The minimum Gasteiger partial charge on any atom is -0.249 e. The maximum absolute atomic E-state index is 6.29. The maximum atomic E-state index is 6.29. The molecule has 0 atom stereocenters. The minimum absolute atomic E-state index is 0.677. The molecule has 0 aliphatic rings. The minimum atomic E-state index is 0.677. The van der Waals surface area contributed by atoms with E-state index in [0.717, 1.165) is 33.4 Å². The van der Waals surface area contributed by atoms with Gasteiger partial charge in [0.2, 0.25) is 0 Å². The molecule has 0 bridgehead atoms. The highest BCUT2D eigenvalue weighted by Gasteiger charge is 2.11. The Labute approximate surface area is 111 Å². The van der Waals surface area contributed by atoms with Gasteiger partial charge in [0.25, 0.3) is 0 Å². The molecular formula is C13H14Cl2N2. The summed E-state index contributed by atoms with van der Waals surface area (Å²) in [6, 6.07) is 7.73. The Morgan fingerprint density at radius 1 is 1.18 bits per heavy atom. The fourth-order valence-corrected chi connectivity index (χ4v) is 2.35. The van der Waals surface area contributed by atoms with E-state index in [4.69, 9.17) is 23.2 Å². The summed E-state index contributed by atoms with van der Waals surface area (Å²) in [4.78, 5) is 0. The Morgan fingerprint density at radius 3 is 2.35 bits per heavy atom. The first kappa shape index (κ1) is 12.5. The number of nitrogens with zero attached hydrogens (tertiary/aromatic N) is 2. The van der Waals surface area contributed by atoms with Crippen LogP contribution in [0.3, 0.4) is 0 Å². The van der Waals surface area contributed by atoms with Gasteiger partial charge in [0.1, 0.15) is 5.15 Å². The summed E-state index contributed by atoms with van der Waals surface area (Å²) in [7, 11) is 0. The molecule has 90 valence electrons. The van der Waals surface area contributed by atoms with Crippen molar-refractivity contribution in [1.29, 1.82) is 0 Å². The van der Waals surface area contributed by atoms with Gasteiger partial charge < -0.3 is 0 Å². The molecule has 0 aliphatic heterocycles. The van der Waals surface area contributed by atoms with E-state index < -0.39 is 0 Å². The molecule has 1 aromatic carbocycles. The Hall–Kier alpha value is -0.990. The molecule has 4 heteroatoms. The van der Waals surface area contributed by atoms with Crippen molar-refractivity contribution >= 4 is 23.2 Å². The van der Waals surface area contributed by atoms with Gasteiger partial charge in [-0.25, -0.2) is 4.68 Å². The summed E-state index contributed by atoms with van der Waals surface area (Å²) < 4.78 is 1.83. The van der Waals surface area contributed by atoms with Gasteiger partial charge in [-0.2, -0.15) is 5.10 Å². The second-order valence-electron chi connectivity index (χ2n) is 3.99. The number of aryl methyl sites for hydroxylation is 1. The van der Waals surface area contributed by atoms with Gasteiger partial charge in [0, 0.05) is 10.6 Å². The third-order valence-corrected chi connectivity index (χ3v) is 3.46. The average Bonchev–Trinajstić information content (AvgIpc) is 2.57. The van der Waals surface area contributed by atoms with Crippen molar-refractivity contribution in [2.24, 2.45) is 0 Å². The van der Waals surface area contributed by atoms with Crippen molar-refractivity contribution < 1.29 is 0 Å². The van der Waals surface area contributed by atoms with Crippen LogP contribution >= 0.6 is 23.2 Å². The predicted molar refractivity (Wildman–Crippen MR) is 71.9 cm³/mol. The highest BCUT2D eigenvalue weighted by Crippen LogP contribution is 2.21. The normalized spacial score (nSPS) is 10.8. The number of halogens is 2. The molecule has 0 fully saturated rings. The van der Waals surface area contributed by atoms with Crippen LogP contribution in [0.4, 0.5) is 0 Å². The zero-order chi connectivity index (χ0) is 12.4. The SMILES string of the molecule is CCc1c(C)nn(Cc2ccc(Cl)cc2)c1Cl. The highest BCUT2D eigenvalue weighted by molar-refractivity contribution is 6.30. The van der Waals surface area contributed by atoms with Crippen molar-refractivity contribution in [2.75, 3.05) is 0 Å². The van der Waals surface area contributed by atoms with Gasteiger partial charge in [-0.3, -0.25) is 0 Å². The molecule has 17 heavy (non-hydrogen) atoms. The molecule has 0 spiro atoms. The highest BCUT2D eigenvalue weighted by atomic mass is 35.5. The first-order valence-corrected chi connectivity index (χ1v) is 6.33. The van der Waals surface area contributed by atoms with Crippen LogP contribution < -0.4 is 0 Å². The largest absolute Gasteiger partial charge is 0.249 e. The molecule has 1 heterocycles. The molecule has 2 aromatic rings. The average molecular weight is 269 g/mol. The van der Waals surface area contributed by atoms with Crippen LogP contribution in [0.25, 0.3) is 0 Å². The Morgan fingerprint density at radius 2 is 1.82 bits per heavy atom. The van der Waals surface area contributed by atoms with E-state index in [1.165, 1.54) is 0 Å². The molecule has 1 aromatic heterocycles. The lowest BCUT2D eigenvalue weighted by molar-refractivity contribution is 0.680.